The molecule has 0 amide bonds. The maximum Gasteiger partial charge on any atom is 0.104 e. The van der Waals surface area contributed by atoms with Crippen LogP contribution in [-0.4, -0.2) is 16.9 Å². The van der Waals surface area contributed by atoms with Crippen molar-refractivity contribution < 1.29 is 5.11 Å². The number of aliphatic imine (C=N–C) groups is 1. The van der Waals surface area contributed by atoms with Gasteiger partial charge < -0.3 is 5.11 Å². The van der Waals surface area contributed by atoms with Crippen LogP contribution in [-0.2, 0) is 0 Å². The van der Waals surface area contributed by atoms with Gasteiger partial charge in [-0.1, -0.05) is 11.8 Å². The predicted molar refractivity (Wildman–Crippen MR) is 55.1 cm³/mol. The zero-order valence-corrected chi connectivity index (χ0v) is 7.64. The van der Waals surface area contributed by atoms with E-state index < -0.39 is 0 Å². The maximum atomic E-state index is 8.45. The lowest BCUT2D eigenvalue weighted by molar-refractivity contribution is 0.350. The van der Waals surface area contributed by atoms with Crippen molar-refractivity contribution in [2.45, 2.75) is 0 Å². The topological polar surface area (TPSA) is 32.6 Å². The van der Waals surface area contributed by atoms with Gasteiger partial charge in [-0.05, 0) is 36.5 Å². The Morgan fingerprint density at radius 3 is 2.54 bits per heavy atom. The van der Waals surface area contributed by atoms with E-state index in [4.69, 9.17) is 5.11 Å². The molecule has 0 aliphatic rings. The number of thiocarbonyl (C=S) groups is 1. The molecule has 0 saturated heterocycles. The van der Waals surface area contributed by atoms with E-state index in [-0.39, 0.29) is 6.61 Å². The van der Waals surface area contributed by atoms with Crippen molar-refractivity contribution in [2.75, 3.05) is 6.61 Å². The lowest BCUT2D eigenvalue weighted by Gasteiger charge is -1.90. The van der Waals surface area contributed by atoms with Gasteiger partial charge in [-0.15, -0.1) is 0 Å². The highest BCUT2D eigenvalue weighted by Gasteiger charge is 1.87. The average molecular weight is 189 g/mol. The zero-order valence-electron chi connectivity index (χ0n) is 6.82. The quantitative estimate of drug-likeness (QED) is 0.415. The highest BCUT2D eigenvalue weighted by Crippen LogP contribution is 2.11. The molecule has 0 aliphatic heterocycles. The van der Waals surface area contributed by atoms with Crippen LogP contribution in [0.2, 0.25) is 0 Å². The molecule has 3 heteroatoms. The van der Waals surface area contributed by atoms with Crippen molar-refractivity contribution >= 4 is 23.1 Å². The summed E-state index contributed by atoms with van der Waals surface area (Å²) in [7, 11) is 0. The maximum absolute atomic E-state index is 8.45. The van der Waals surface area contributed by atoms with E-state index in [0.29, 0.717) is 0 Å². The number of isothiocyanates is 1. The number of aliphatic hydroxyl groups is 1. The minimum absolute atomic E-state index is 0.125. The molecule has 1 aromatic carbocycles. The Kier molecular flexibility index (Phi) is 3.87. The summed E-state index contributed by atoms with van der Waals surface area (Å²) in [6.07, 6.45) is 0. The Bertz CT molecular complexity index is 380. The van der Waals surface area contributed by atoms with Crippen molar-refractivity contribution in [1.29, 1.82) is 0 Å². The van der Waals surface area contributed by atoms with Gasteiger partial charge in [-0.25, -0.2) is 0 Å². The second-order valence-electron chi connectivity index (χ2n) is 2.21. The summed E-state index contributed by atoms with van der Waals surface area (Å²) in [4.78, 5) is 3.80. The third-order valence-corrected chi connectivity index (χ3v) is 1.45. The van der Waals surface area contributed by atoms with E-state index in [2.05, 4.69) is 34.2 Å². The van der Waals surface area contributed by atoms with Gasteiger partial charge in [0.1, 0.15) is 6.61 Å². The Morgan fingerprint density at radius 1 is 1.31 bits per heavy atom. The molecule has 0 spiro atoms. The van der Waals surface area contributed by atoms with E-state index in [9.17, 15) is 0 Å². The van der Waals surface area contributed by atoms with Crippen LogP contribution in [0.15, 0.2) is 29.3 Å². The van der Waals surface area contributed by atoms with Gasteiger partial charge in [0.15, 0.2) is 0 Å². The van der Waals surface area contributed by atoms with E-state index >= 15 is 0 Å². The highest BCUT2D eigenvalue weighted by atomic mass is 32.1. The van der Waals surface area contributed by atoms with E-state index in [1.807, 2.05) is 12.1 Å². The lowest BCUT2D eigenvalue weighted by Crippen LogP contribution is -1.75. The first-order chi connectivity index (χ1) is 6.36. The van der Waals surface area contributed by atoms with Crippen molar-refractivity contribution in [3.8, 4) is 11.8 Å². The molecule has 0 aliphatic carbocycles. The SMILES string of the molecule is OCC#Cc1ccc(N=C=S)cc1. The molecule has 0 atom stereocenters. The van der Waals surface area contributed by atoms with Crippen LogP contribution in [0.4, 0.5) is 5.69 Å². The molecule has 0 saturated carbocycles. The molecule has 1 rings (SSSR count). The fourth-order valence-corrected chi connectivity index (χ4v) is 0.919. The van der Waals surface area contributed by atoms with Crippen molar-refractivity contribution in [3.63, 3.8) is 0 Å². The summed E-state index contributed by atoms with van der Waals surface area (Å²) in [6, 6.07) is 7.21. The molecular weight excluding hydrogens is 182 g/mol. The second kappa shape index (κ2) is 5.23. The number of nitrogens with zero attached hydrogens (tertiary/aromatic N) is 1. The average Bonchev–Trinajstić information content (AvgIpc) is 2.17. The molecule has 0 unspecified atom stereocenters. The van der Waals surface area contributed by atoms with Crippen LogP contribution in [0.25, 0.3) is 0 Å². The summed E-state index contributed by atoms with van der Waals surface area (Å²) < 4.78 is 0. The Hall–Kier alpha value is -1.46. The van der Waals surface area contributed by atoms with E-state index in [0.717, 1.165) is 11.3 Å². The largest absolute Gasteiger partial charge is 0.384 e. The molecule has 0 aromatic heterocycles. The molecule has 0 heterocycles. The Balaban J connectivity index is 2.87. The van der Waals surface area contributed by atoms with Gasteiger partial charge in [-0.2, -0.15) is 4.99 Å². The molecule has 0 bridgehead atoms. The van der Waals surface area contributed by atoms with Crippen LogP contribution < -0.4 is 0 Å². The smallest absolute Gasteiger partial charge is 0.104 e. The first-order valence-electron chi connectivity index (χ1n) is 3.64. The lowest BCUT2D eigenvalue weighted by atomic mass is 10.2. The molecule has 64 valence electrons. The highest BCUT2D eigenvalue weighted by molar-refractivity contribution is 7.78. The van der Waals surface area contributed by atoms with Crippen LogP contribution in [0, 0.1) is 11.8 Å². The van der Waals surface area contributed by atoms with Crippen LogP contribution in [0.5, 0.6) is 0 Å². The Labute approximate surface area is 81.9 Å². The number of hydrogen-bond acceptors (Lipinski definition) is 3. The van der Waals surface area contributed by atoms with Gasteiger partial charge >= 0.3 is 0 Å². The molecule has 13 heavy (non-hydrogen) atoms. The summed E-state index contributed by atoms with van der Waals surface area (Å²) in [6.45, 7) is -0.125. The molecule has 1 aromatic rings. The number of hydrogen-bond donors (Lipinski definition) is 1. The second-order valence-corrected chi connectivity index (χ2v) is 2.39. The van der Waals surface area contributed by atoms with Crippen molar-refractivity contribution in [1.82, 2.24) is 0 Å². The fraction of sp³-hybridized carbons (Fsp3) is 0.100. The monoisotopic (exact) mass is 189 g/mol. The number of aliphatic hydroxyl groups excluding tert-OH is 1. The predicted octanol–water partition coefficient (Wildman–Crippen LogP) is 1.76. The van der Waals surface area contributed by atoms with Gasteiger partial charge in [0.25, 0.3) is 0 Å². The summed E-state index contributed by atoms with van der Waals surface area (Å²) >= 11 is 4.46. The van der Waals surface area contributed by atoms with Crippen LogP contribution >= 0.6 is 12.2 Å². The minimum atomic E-state index is -0.125. The molecule has 2 nitrogen and oxygen atoms in total. The van der Waals surface area contributed by atoms with Crippen molar-refractivity contribution in [3.05, 3.63) is 29.8 Å². The van der Waals surface area contributed by atoms with Gasteiger partial charge in [0.05, 0.1) is 10.8 Å². The molecule has 0 fully saturated rings. The summed E-state index contributed by atoms with van der Waals surface area (Å²) in [5, 5.41) is 10.7. The number of rotatable bonds is 1. The Morgan fingerprint density at radius 2 is 2.00 bits per heavy atom. The minimum Gasteiger partial charge on any atom is -0.384 e. The van der Waals surface area contributed by atoms with Crippen molar-refractivity contribution in [2.24, 2.45) is 4.99 Å². The van der Waals surface area contributed by atoms with Gasteiger partial charge in [-0.3, -0.25) is 0 Å². The third kappa shape index (κ3) is 3.18. The zero-order chi connectivity index (χ0) is 9.52. The standard InChI is InChI=1S/C10H7NOS/c12-7-1-2-9-3-5-10(6-4-9)11-8-13/h3-6,12H,7H2. The van der Waals surface area contributed by atoms with Gasteiger partial charge in [0, 0.05) is 5.56 Å². The molecule has 0 radical (unpaired) electrons. The number of benzene rings is 1. The summed E-state index contributed by atoms with van der Waals surface area (Å²) in [5.74, 6) is 5.33. The van der Waals surface area contributed by atoms with E-state index in [1.54, 1.807) is 12.1 Å². The first kappa shape index (κ1) is 9.63. The summed E-state index contributed by atoms with van der Waals surface area (Å²) in [5.41, 5.74) is 1.60. The van der Waals surface area contributed by atoms with Crippen LogP contribution in [0.3, 0.4) is 0 Å². The molecule has 1 N–H and O–H groups in total. The van der Waals surface area contributed by atoms with Gasteiger partial charge in [0.2, 0.25) is 0 Å². The molecular formula is C10H7NOS. The normalized spacial score (nSPS) is 8.08. The fourth-order valence-electron chi connectivity index (χ4n) is 0.814. The first-order valence-corrected chi connectivity index (χ1v) is 4.05. The van der Waals surface area contributed by atoms with E-state index in [1.165, 1.54) is 0 Å². The van der Waals surface area contributed by atoms with Crippen LogP contribution in [0.1, 0.15) is 5.56 Å². The third-order valence-electron chi connectivity index (χ3n) is 1.35.